The maximum absolute atomic E-state index is 5.25. The molecule has 2 heterocycles. The summed E-state index contributed by atoms with van der Waals surface area (Å²) in [4.78, 5) is 15.5. The molecule has 0 unspecified atom stereocenters. The fourth-order valence-electron chi connectivity index (χ4n) is 11.3. The van der Waals surface area contributed by atoms with Gasteiger partial charge in [0.1, 0.15) is 0 Å². The molecule has 0 N–H and O–H groups in total. The zero-order valence-corrected chi connectivity index (χ0v) is 30.2. The van der Waals surface area contributed by atoms with Crippen molar-refractivity contribution in [2.75, 3.05) is 0 Å². The van der Waals surface area contributed by atoms with Gasteiger partial charge in [-0.05, 0) is 113 Å². The van der Waals surface area contributed by atoms with Crippen molar-refractivity contribution in [1.82, 2.24) is 15.0 Å². The van der Waals surface area contributed by atoms with Crippen LogP contribution in [0.4, 0.5) is 0 Å². The quantitative estimate of drug-likeness (QED) is 0.184. The molecule has 254 valence electrons. The second-order valence-corrected chi connectivity index (χ2v) is 17.1. The molecule has 0 aliphatic heterocycles. The summed E-state index contributed by atoms with van der Waals surface area (Å²) in [6.07, 6.45) is 6.86. The van der Waals surface area contributed by atoms with Gasteiger partial charge in [0.2, 0.25) is 0 Å². The highest BCUT2D eigenvalue weighted by atomic mass is 32.1. The summed E-state index contributed by atoms with van der Waals surface area (Å²) < 4.78 is 2.81. The van der Waals surface area contributed by atoms with Crippen LogP contribution in [0.1, 0.15) is 43.2 Å². The van der Waals surface area contributed by atoms with Gasteiger partial charge in [0.05, 0.1) is 0 Å². The smallest absolute Gasteiger partial charge is 0.164 e. The van der Waals surface area contributed by atoms with Crippen LogP contribution in [0.25, 0.3) is 76.6 Å². The Morgan fingerprint density at radius 3 is 1.64 bits per heavy atom. The van der Waals surface area contributed by atoms with Crippen LogP contribution < -0.4 is 0 Å². The molecule has 5 aliphatic rings. The number of nitrogens with zero attached hydrogens (tertiary/aromatic N) is 3. The van der Waals surface area contributed by atoms with Crippen LogP contribution in [0.5, 0.6) is 0 Å². The Kier molecular flexibility index (Phi) is 6.39. The fourth-order valence-corrected chi connectivity index (χ4v) is 12.5. The normalized spacial score (nSPS) is 23.5. The number of rotatable bonds is 4. The van der Waals surface area contributed by atoms with E-state index >= 15 is 0 Å². The summed E-state index contributed by atoms with van der Waals surface area (Å²) in [5, 5.41) is 2.77. The molecule has 3 nitrogen and oxygen atoms in total. The third-order valence-electron chi connectivity index (χ3n) is 13.3. The number of aromatic nitrogens is 3. The average molecular weight is 700 g/mol. The van der Waals surface area contributed by atoms with Crippen molar-refractivity contribution >= 4 is 31.5 Å². The minimum Gasteiger partial charge on any atom is -0.208 e. The number of hydrogen-bond donors (Lipinski definition) is 0. The van der Waals surface area contributed by atoms with Crippen LogP contribution in [0, 0.1) is 23.7 Å². The van der Waals surface area contributed by atoms with Crippen LogP contribution in [0.2, 0.25) is 0 Å². The number of benzene rings is 6. The SMILES string of the molecule is c1ccc(-c2ccc(-c3nc(-c4ccccc4)nc(-c4ccc5c(c4)C4(c6cc7sc8ccccc8c7cc6-5)C5CC6CC(C5)CC4C6)n3)cc2)cc1. The summed E-state index contributed by atoms with van der Waals surface area (Å²) in [6.45, 7) is 0. The highest BCUT2D eigenvalue weighted by Crippen LogP contribution is 2.70. The fraction of sp³-hybridized carbons (Fsp3) is 0.204. The summed E-state index contributed by atoms with van der Waals surface area (Å²) in [6, 6.07) is 50.9. The van der Waals surface area contributed by atoms with Crippen molar-refractivity contribution in [2.45, 2.75) is 37.5 Å². The topological polar surface area (TPSA) is 38.7 Å². The van der Waals surface area contributed by atoms with Gasteiger partial charge in [-0.2, -0.15) is 0 Å². The van der Waals surface area contributed by atoms with Crippen LogP contribution in [-0.4, -0.2) is 15.0 Å². The minimum absolute atomic E-state index is 0.0455. The molecule has 0 atom stereocenters. The lowest BCUT2D eigenvalue weighted by atomic mass is 9.43. The summed E-state index contributed by atoms with van der Waals surface area (Å²) in [7, 11) is 0. The van der Waals surface area contributed by atoms with Gasteiger partial charge in [0.15, 0.2) is 17.5 Å². The molecular formula is C49H37N3S. The molecule has 1 spiro atoms. The Balaban J connectivity index is 1.05. The second-order valence-electron chi connectivity index (χ2n) is 16.0. The maximum Gasteiger partial charge on any atom is 0.164 e. The first-order valence-electron chi connectivity index (χ1n) is 19.3. The van der Waals surface area contributed by atoms with E-state index < -0.39 is 0 Å². The van der Waals surface area contributed by atoms with Crippen LogP contribution >= 0.6 is 11.3 Å². The highest BCUT2D eigenvalue weighted by Gasteiger charge is 2.61. The average Bonchev–Trinajstić information content (AvgIpc) is 3.72. The standard InChI is InChI=1S/C49H37N3S/c1-3-9-31(10-4-1)32-15-17-34(18-16-32)47-50-46(33-11-5-2-6-12-33)51-48(52-47)35-19-20-38-40-27-41-39-13-7-8-14-44(39)53-45(41)28-43(40)49(42(38)26-35)36-22-29-21-30(24-36)25-37(49)23-29/h1-20,26-30,36-37H,21-25H2. The molecule has 0 radical (unpaired) electrons. The van der Waals surface area contributed by atoms with Gasteiger partial charge in [0, 0.05) is 42.3 Å². The van der Waals surface area contributed by atoms with E-state index in [9.17, 15) is 0 Å². The largest absolute Gasteiger partial charge is 0.208 e. The minimum atomic E-state index is 0.0455. The lowest BCUT2D eigenvalue weighted by molar-refractivity contribution is -0.0398. The molecule has 4 bridgehead atoms. The molecule has 53 heavy (non-hydrogen) atoms. The van der Waals surface area contributed by atoms with E-state index in [0.717, 1.165) is 34.4 Å². The van der Waals surface area contributed by atoms with Gasteiger partial charge in [0.25, 0.3) is 0 Å². The lowest BCUT2D eigenvalue weighted by Crippen LogP contribution is -2.55. The van der Waals surface area contributed by atoms with E-state index in [2.05, 4.69) is 133 Å². The van der Waals surface area contributed by atoms with E-state index in [-0.39, 0.29) is 5.41 Å². The number of fused-ring (bicyclic) bond motifs is 6. The maximum atomic E-state index is 5.25. The lowest BCUT2D eigenvalue weighted by Gasteiger charge is -2.61. The summed E-state index contributed by atoms with van der Waals surface area (Å²) in [5.41, 5.74) is 11.5. The van der Waals surface area contributed by atoms with Crippen molar-refractivity contribution in [3.8, 4) is 56.4 Å². The Labute approximate surface area is 313 Å². The third-order valence-corrected chi connectivity index (χ3v) is 14.5. The predicted octanol–water partition coefficient (Wildman–Crippen LogP) is 12.6. The first-order valence-corrected chi connectivity index (χ1v) is 20.1. The molecule has 6 aromatic carbocycles. The van der Waals surface area contributed by atoms with Crippen molar-refractivity contribution in [1.29, 1.82) is 0 Å². The van der Waals surface area contributed by atoms with E-state index in [1.165, 1.54) is 80.1 Å². The first-order chi connectivity index (χ1) is 26.2. The Hall–Kier alpha value is -5.45. The van der Waals surface area contributed by atoms with Crippen LogP contribution in [0.3, 0.4) is 0 Å². The van der Waals surface area contributed by atoms with Crippen LogP contribution in [0.15, 0.2) is 140 Å². The zero-order chi connectivity index (χ0) is 34.7. The molecule has 4 saturated carbocycles. The van der Waals surface area contributed by atoms with Gasteiger partial charge in [-0.1, -0.05) is 115 Å². The molecule has 4 fully saturated rings. The van der Waals surface area contributed by atoms with Crippen molar-refractivity contribution in [2.24, 2.45) is 23.7 Å². The highest BCUT2D eigenvalue weighted by molar-refractivity contribution is 7.25. The van der Waals surface area contributed by atoms with Gasteiger partial charge in [-0.25, -0.2) is 15.0 Å². The first kappa shape index (κ1) is 30.1. The number of hydrogen-bond acceptors (Lipinski definition) is 4. The van der Waals surface area contributed by atoms with E-state index in [1.54, 1.807) is 5.56 Å². The summed E-state index contributed by atoms with van der Waals surface area (Å²) >= 11 is 1.96. The van der Waals surface area contributed by atoms with E-state index in [1.807, 2.05) is 17.4 Å². The molecule has 2 aromatic heterocycles. The van der Waals surface area contributed by atoms with Crippen molar-refractivity contribution < 1.29 is 0 Å². The van der Waals surface area contributed by atoms with Crippen LogP contribution in [-0.2, 0) is 5.41 Å². The van der Waals surface area contributed by atoms with Crippen molar-refractivity contribution in [3.63, 3.8) is 0 Å². The van der Waals surface area contributed by atoms with Gasteiger partial charge >= 0.3 is 0 Å². The molecule has 4 heteroatoms. The molecule has 8 aromatic rings. The zero-order valence-electron chi connectivity index (χ0n) is 29.4. The molecule has 0 amide bonds. The molecule has 0 saturated heterocycles. The van der Waals surface area contributed by atoms with E-state index in [0.29, 0.717) is 23.5 Å². The third kappa shape index (κ3) is 4.42. The van der Waals surface area contributed by atoms with Crippen molar-refractivity contribution in [3.05, 3.63) is 151 Å². The molecule has 13 rings (SSSR count). The van der Waals surface area contributed by atoms with E-state index in [4.69, 9.17) is 15.0 Å². The van der Waals surface area contributed by atoms with Gasteiger partial charge < -0.3 is 0 Å². The summed E-state index contributed by atoms with van der Waals surface area (Å²) in [5.74, 6) is 5.28. The monoisotopic (exact) mass is 699 g/mol. The van der Waals surface area contributed by atoms with Gasteiger partial charge in [-0.3, -0.25) is 0 Å². The second kappa shape index (κ2) is 11.3. The predicted molar refractivity (Wildman–Crippen MR) is 218 cm³/mol. The Morgan fingerprint density at radius 1 is 0.415 bits per heavy atom. The Morgan fingerprint density at radius 2 is 0.943 bits per heavy atom. The molecular weight excluding hydrogens is 663 g/mol. The molecule has 5 aliphatic carbocycles. The number of thiophene rings is 1. The van der Waals surface area contributed by atoms with Gasteiger partial charge in [-0.15, -0.1) is 11.3 Å². The Bertz CT molecular complexity index is 2700.